The van der Waals surface area contributed by atoms with Gasteiger partial charge in [0.2, 0.25) is 0 Å². The number of hydrogen-bond donors (Lipinski definition) is 1. The number of anilines is 2. The lowest BCUT2D eigenvalue weighted by Gasteiger charge is -2.11. The van der Waals surface area contributed by atoms with Crippen molar-refractivity contribution in [2.75, 3.05) is 12.4 Å². The summed E-state index contributed by atoms with van der Waals surface area (Å²) in [6.45, 7) is 0.316. The molecule has 1 aromatic carbocycles. The van der Waals surface area contributed by atoms with Crippen molar-refractivity contribution in [2.45, 2.75) is 6.18 Å². The Morgan fingerprint density at radius 3 is 2.42 bits per heavy atom. The van der Waals surface area contributed by atoms with E-state index in [4.69, 9.17) is 9.47 Å². The van der Waals surface area contributed by atoms with E-state index in [1.54, 1.807) is 36.4 Å². The molecule has 0 spiro atoms. The molecule has 0 aliphatic carbocycles. The number of imidazole rings is 1. The third kappa shape index (κ3) is 4.13. The quantitative estimate of drug-likeness (QED) is 0.449. The molecule has 4 aromatic rings. The maximum atomic E-state index is 13.7. The topological polar surface area (TPSA) is 77.8 Å². The molecular formula is C21H15F3N4O3. The van der Waals surface area contributed by atoms with Crippen LogP contribution in [0.15, 0.2) is 60.8 Å². The first-order chi connectivity index (χ1) is 14.9. The number of fused-ring (bicyclic) bond motifs is 1. The monoisotopic (exact) mass is 428 g/mol. The zero-order valence-electron chi connectivity index (χ0n) is 16.1. The van der Waals surface area contributed by atoms with Crippen LogP contribution >= 0.6 is 0 Å². The fourth-order valence-electron chi connectivity index (χ4n) is 3.04. The molecular weight excluding hydrogens is 413 g/mol. The molecule has 0 aliphatic rings. The predicted molar refractivity (Wildman–Crippen MR) is 106 cm³/mol. The van der Waals surface area contributed by atoms with Gasteiger partial charge in [0.05, 0.1) is 19.0 Å². The summed E-state index contributed by atoms with van der Waals surface area (Å²) in [4.78, 5) is 18.5. The Bertz CT molecular complexity index is 1240. The second-order valence-electron chi connectivity index (χ2n) is 6.38. The van der Waals surface area contributed by atoms with Crippen LogP contribution in [-0.4, -0.2) is 28.0 Å². The van der Waals surface area contributed by atoms with Crippen molar-refractivity contribution in [1.29, 1.82) is 0 Å². The van der Waals surface area contributed by atoms with Crippen molar-refractivity contribution in [3.63, 3.8) is 0 Å². The number of methoxy groups -OCH3 is 1. The van der Waals surface area contributed by atoms with Crippen molar-refractivity contribution in [3.05, 3.63) is 66.5 Å². The number of benzene rings is 1. The number of alkyl halides is 3. The van der Waals surface area contributed by atoms with Gasteiger partial charge in [-0.05, 0) is 48.5 Å². The minimum atomic E-state index is -4.67. The molecule has 0 aliphatic heterocycles. The average Bonchev–Trinajstić information content (AvgIpc) is 3.15. The average molecular weight is 428 g/mol. The number of nitrogens with zero attached hydrogens (tertiary/aromatic N) is 3. The lowest BCUT2D eigenvalue weighted by atomic mass is 10.2. The van der Waals surface area contributed by atoms with E-state index in [0.717, 1.165) is 0 Å². The second-order valence-corrected chi connectivity index (χ2v) is 6.38. The molecule has 4 rings (SSSR count). The van der Waals surface area contributed by atoms with Crippen LogP contribution in [0.1, 0.15) is 5.69 Å². The van der Waals surface area contributed by atoms with Gasteiger partial charge in [-0.1, -0.05) is 6.07 Å². The molecule has 0 bridgehead atoms. The normalized spacial score (nSPS) is 11.4. The number of rotatable bonds is 6. The van der Waals surface area contributed by atoms with Gasteiger partial charge in [0, 0.05) is 5.69 Å². The van der Waals surface area contributed by atoms with Gasteiger partial charge in [0.25, 0.3) is 6.47 Å². The van der Waals surface area contributed by atoms with E-state index < -0.39 is 11.9 Å². The zero-order chi connectivity index (χ0) is 22.0. The van der Waals surface area contributed by atoms with E-state index in [9.17, 15) is 18.0 Å². The maximum absolute atomic E-state index is 13.7. The van der Waals surface area contributed by atoms with Gasteiger partial charge in [-0.2, -0.15) is 13.2 Å². The van der Waals surface area contributed by atoms with Gasteiger partial charge in [-0.3, -0.25) is 9.20 Å². The fourth-order valence-corrected chi connectivity index (χ4v) is 3.04. The lowest BCUT2D eigenvalue weighted by molar-refractivity contribution is -0.140. The van der Waals surface area contributed by atoms with Crippen LogP contribution in [0, 0.1) is 0 Å². The highest BCUT2D eigenvalue weighted by molar-refractivity contribution is 5.68. The predicted octanol–water partition coefficient (Wildman–Crippen LogP) is 4.70. The van der Waals surface area contributed by atoms with Crippen LogP contribution in [0.25, 0.3) is 17.0 Å². The van der Waals surface area contributed by atoms with Crippen LogP contribution in [0.2, 0.25) is 0 Å². The largest absolute Gasteiger partial charge is 0.495 e. The molecule has 0 saturated heterocycles. The summed E-state index contributed by atoms with van der Waals surface area (Å²) in [6, 6.07) is 14.1. The highest BCUT2D eigenvalue weighted by atomic mass is 19.4. The molecule has 1 N–H and O–H groups in total. The van der Waals surface area contributed by atoms with E-state index in [2.05, 4.69) is 15.3 Å². The first kappa shape index (κ1) is 20.2. The molecule has 0 amide bonds. The first-order valence-corrected chi connectivity index (χ1v) is 8.97. The molecule has 3 aromatic heterocycles. The Hall–Kier alpha value is -4.08. The summed E-state index contributed by atoms with van der Waals surface area (Å²) in [5, 5.41) is 3.01. The van der Waals surface area contributed by atoms with Gasteiger partial charge < -0.3 is 14.8 Å². The van der Waals surface area contributed by atoms with E-state index in [1.807, 2.05) is 0 Å². The number of nitrogens with one attached hydrogen (secondary N) is 1. The van der Waals surface area contributed by atoms with Crippen molar-refractivity contribution in [2.24, 2.45) is 0 Å². The number of pyridine rings is 2. The summed E-state index contributed by atoms with van der Waals surface area (Å²) < 4.78 is 52.3. The van der Waals surface area contributed by atoms with E-state index in [0.29, 0.717) is 29.5 Å². The van der Waals surface area contributed by atoms with Crippen molar-refractivity contribution in [1.82, 2.24) is 14.4 Å². The summed E-state index contributed by atoms with van der Waals surface area (Å²) in [5.41, 5.74) is -0.424. The Labute approximate surface area is 174 Å². The van der Waals surface area contributed by atoms with E-state index >= 15 is 0 Å². The van der Waals surface area contributed by atoms with Gasteiger partial charge in [-0.25, -0.2) is 9.97 Å². The molecule has 158 valence electrons. The smallest absolute Gasteiger partial charge is 0.435 e. The standard InChI is InChI=1S/C21H15F3N4O3/c1-30-15-9-10-18-27-20(21(22,23)24)19(28(18)11-15)16-3-2-4-17(26-16)25-13-5-7-14(8-6-13)31-12-29/h2-12H,1H3,(H,25,26). The molecule has 3 heterocycles. The minimum absolute atomic E-state index is 0.0824. The lowest BCUT2D eigenvalue weighted by Crippen LogP contribution is -2.08. The molecule has 31 heavy (non-hydrogen) atoms. The van der Waals surface area contributed by atoms with E-state index in [-0.39, 0.29) is 17.0 Å². The maximum Gasteiger partial charge on any atom is 0.435 e. The molecule has 7 nitrogen and oxygen atoms in total. The van der Waals surface area contributed by atoms with Crippen molar-refractivity contribution >= 4 is 23.6 Å². The Morgan fingerprint density at radius 2 is 1.74 bits per heavy atom. The first-order valence-electron chi connectivity index (χ1n) is 8.97. The fraction of sp³-hybridized carbons (Fsp3) is 0.0952. The van der Waals surface area contributed by atoms with Crippen molar-refractivity contribution in [3.8, 4) is 22.9 Å². The number of carbonyl (C=O) groups excluding carboxylic acids is 1. The molecule has 10 heteroatoms. The molecule has 0 atom stereocenters. The van der Waals surface area contributed by atoms with E-state index in [1.165, 1.54) is 35.9 Å². The number of carbonyl (C=O) groups is 1. The van der Waals surface area contributed by atoms with Gasteiger partial charge in [0.15, 0.2) is 5.69 Å². The summed E-state index contributed by atoms with van der Waals surface area (Å²) in [5.74, 6) is 1.07. The van der Waals surface area contributed by atoms with Gasteiger partial charge >= 0.3 is 6.18 Å². The number of hydrogen-bond acceptors (Lipinski definition) is 6. The van der Waals surface area contributed by atoms with Crippen LogP contribution < -0.4 is 14.8 Å². The van der Waals surface area contributed by atoms with Crippen molar-refractivity contribution < 1.29 is 27.4 Å². The zero-order valence-corrected chi connectivity index (χ0v) is 16.1. The SMILES string of the molecule is COc1ccc2nc(C(F)(F)F)c(-c3cccc(Nc4ccc(OC=O)cc4)n3)n2c1. The summed E-state index contributed by atoms with van der Waals surface area (Å²) >= 11 is 0. The molecule has 0 radical (unpaired) electrons. The Balaban J connectivity index is 1.77. The molecule has 0 saturated carbocycles. The highest BCUT2D eigenvalue weighted by Crippen LogP contribution is 2.37. The second kappa shape index (κ2) is 7.98. The Morgan fingerprint density at radius 1 is 1.00 bits per heavy atom. The minimum Gasteiger partial charge on any atom is -0.495 e. The van der Waals surface area contributed by atoms with Gasteiger partial charge in [-0.15, -0.1) is 0 Å². The Kier molecular flexibility index (Phi) is 5.20. The third-order valence-corrected chi connectivity index (χ3v) is 4.40. The van der Waals surface area contributed by atoms with Crippen LogP contribution in [0.3, 0.4) is 0 Å². The summed E-state index contributed by atoms with van der Waals surface area (Å²) in [7, 11) is 1.43. The number of ether oxygens (including phenoxy) is 2. The molecule has 0 fully saturated rings. The van der Waals surface area contributed by atoms with Crippen LogP contribution in [-0.2, 0) is 11.0 Å². The molecule has 0 unspecified atom stereocenters. The van der Waals surface area contributed by atoms with Crippen LogP contribution in [0.4, 0.5) is 24.7 Å². The summed E-state index contributed by atoms with van der Waals surface area (Å²) in [6.07, 6.45) is -3.24. The highest BCUT2D eigenvalue weighted by Gasteiger charge is 2.38. The third-order valence-electron chi connectivity index (χ3n) is 4.40. The number of halogens is 3. The van der Waals surface area contributed by atoms with Gasteiger partial charge in [0.1, 0.15) is 28.7 Å². The number of aromatic nitrogens is 3. The van der Waals surface area contributed by atoms with Crippen LogP contribution in [0.5, 0.6) is 11.5 Å².